The van der Waals surface area contributed by atoms with Gasteiger partial charge < -0.3 is 14.8 Å². The lowest BCUT2D eigenvalue weighted by Gasteiger charge is -2.10. The third-order valence-corrected chi connectivity index (χ3v) is 2.86. The first kappa shape index (κ1) is 14.1. The second-order valence-corrected chi connectivity index (χ2v) is 4.29. The molecule has 0 aromatic heterocycles. The van der Waals surface area contributed by atoms with E-state index in [1.807, 2.05) is 30.3 Å². The summed E-state index contributed by atoms with van der Waals surface area (Å²) < 4.78 is 10.3. The molecule has 0 saturated carbocycles. The molecule has 2 aromatic carbocycles. The average molecular weight is 271 g/mol. The summed E-state index contributed by atoms with van der Waals surface area (Å²) in [6.45, 7) is 0.482. The zero-order chi connectivity index (χ0) is 14.4. The van der Waals surface area contributed by atoms with Crippen molar-refractivity contribution in [2.24, 2.45) is 0 Å². The maximum atomic E-state index is 12.2. The van der Waals surface area contributed by atoms with Crippen LogP contribution in [0.3, 0.4) is 0 Å². The van der Waals surface area contributed by atoms with Gasteiger partial charge in [0.15, 0.2) is 0 Å². The van der Waals surface area contributed by atoms with Gasteiger partial charge in [0.1, 0.15) is 5.75 Å². The number of anilines is 1. The van der Waals surface area contributed by atoms with E-state index in [1.165, 1.54) is 0 Å². The van der Waals surface area contributed by atoms with Gasteiger partial charge in [0.2, 0.25) is 0 Å². The van der Waals surface area contributed by atoms with Crippen LogP contribution in [0, 0.1) is 0 Å². The number of rotatable bonds is 5. The van der Waals surface area contributed by atoms with E-state index in [9.17, 15) is 4.79 Å². The van der Waals surface area contributed by atoms with Crippen molar-refractivity contribution in [3.63, 3.8) is 0 Å². The summed E-state index contributed by atoms with van der Waals surface area (Å²) in [5.41, 5.74) is 2.20. The molecule has 2 aromatic rings. The van der Waals surface area contributed by atoms with E-state index in [-0.39, 0.29) is 5.91 Å². The fourth-order valence-corrected chi connectivity index (χ4v) is 1.91. The summed E-state index contributed by atoms with van der Waals surface area (Å²) in [4.78, 5) is 12.2. The Hall–Kier alpha value is -2.33. The van der Waals surface area contributed by atoms with Crippen molar-refractivity contribution >= 4 is 11.6 Å². The minimum atomic E-state index is -0.174. The number of hydrogen-bond acceptors (Lipinski definition) is 3. The molecule has 4 heteroatoms. The molecule has 0 heterocycles. The van der Waals surface area contributed by atoms with Crippen molar-refractivity contribution in [3.8, 4) is 5.75 Å². The topological polar surface area (TPSA) is 47.6 Å². The second-order valence-electron chi connectivity index (χ2n) is 4.29. The van der Waals surface area contributed by atoms with Gasteiger partial charge in [0.05, 0.1) is 19.4 Å². The van der Waals surface area contributed by atoms with Crippen LogP contribution >= 0.6 is 0 Å². The van der Waals surface area contributed by atoms with Crippen molar-refractivity contribution in [1.29, 1.82) is 0 Å². The molecule has 0 saturated heterocycles. The summed E-state index contributed by atoms with van der Waals surface area (Å²) in [5.74, 6) is 0.460. The van der Waals surface area contributed by atoms with Crippen molar-refractivity contribution in [2.45, 2.75) is 6.61 Å². The lowest BCUT2D eigenvalue weighted by atomic mass is 10.1. The Balaban J connectivity index is 2.17. The van der Waals surface area contributed by atoms with Crippen molar-refractivity contribution < 1.29 is 14.3 Å². The van der Waals surface area contributed by atoms with Crippen LogP contribution in [-0.2, 0) is 11.3 Å². The van der Waals surface area contributed by atoms with E-state index in [2.05, 4.69) is 5.32 Å². The molecule has 4 nitrogen and oxygen atoms in total. The van der Waals surface area contributed by atoms with Crippen molar-refractivity contribution in [3.05, 3.63) is 59.7 Å². The highest BCUT2D eigenvalue weighted by molar-refractivity contribution is 6.05. The molecular weight excluding hydrogens is 254 g/mol. The van der Waals surface area contributed by atoms with Crippen LogP contribution in [0.1, 0.15) is 15.9 Å². The SMILES string of the molecule is COCc1cccc(C(=O)Nc2ccccc2OC)c1. The molecule has 0 radical (unpaired) electrons. The highest BCUT2D eigenvalue weighted by Crippen LogP contribution is 2.23. The Bertz CT molecular complexity index is 596. The molecule has 1 N–H and O–H groups in total. The van der Waals surface area contributed by atoms with Gasteiger partial charge in [-0.2, -0.15) is 0 Å². The molecule has 104 valence electrons. The first-order valence-corrected chi connectivity index (χ1v) is 6.27. The highest BCUT2D eigenvalue weighted by atomic mass is 16.5. The number of para-hydroxylation sites is 2. The van der Waals surface area contributed by atoms with Gasteiger partial charge in [-0.05, 0) is 29.8 Å². The van der Waals surface area contributed by atoms with E-state index in [0.29, 0.717) is 23.6 Å². The summed E-state index contributed by atoms with van der Waals surface area (Å²) >= 11 is 0. The number of amides is 1. The standard InChI is InChI=1S/C16H17NO3/c1-19-11-12-6-5-7-13(10-12)16(18)17-14-8-3-4-9-15(14)20-2/h3-10H,11H2,1-2H3,(H,17,18). The number of ether oxygens (including phenoxy) is 2. The summed E-state index contributed by atoms with van der Waals surface area (Å²) in [5, 5.41) is 2.84. The van der Waals surface area contributed by atoms with E-state index in [0.717, 1.165) is 5.56 Å². The summed E-state index contributed by atoms with van der Waals surface area (Å²) in [6, 6.07) is 14.6. The van der Waals surface area contributed by atoms with Crippen LogP contribution in [0.25, 0.3) is 0 Å². The monoisotopic (exact) mass is 271 g/mol. The van der Waals surface area contributed by atoms with Crippen LogP contribution in [0.2, 0.25) is 0 Å². The van der Waals surface area contributed by atoms with Gasteiger partial charge in [-0.25, -0.2) is 0 Å². The molecule has 0 atom stereocenters. The zero-order valence-electron chi connectivity index (χ0n) is 11.6. The normalized spacial score (nSPS) is 10.1. The predicted molar refractivity (Wildman–Crippen MR) is 78.1 cm³/mol. The number of carbonyl (C=O) groups excluding carboxylic acids is 1. The Morgan fingerprint density at radius 3 is 2.65 bits per heavy atom. The molecule has 0 aliphatic heterocycles. The predicted octanol–water partition coefficient (Wildman–Crippen LogP) is 3.09. The smallest absolute Gasteiger partial charge is 0.255 e. The van der Waals surface area contributed by atoms with Gasteiger partial charge in [-0.1, -0.05) is 24.3 Å². The minimum absolute atomic E-state index is 0.174. The first-order chi connectivity index (χ1) is 9.74. The summed E-state index contributed by atoms with van der Waals surface area (Å²) in [7, 11) is 3.20. The van der Waals surface area contributed by atoms with Gasteiger partial charge in [-0.3, -0.25) is 4.79 Å². The highest BCUT2D eigenvalue weighted by Gasteiger charge is 2.09. The Morgan fingerprint density at radius 1 is 1.10 bits per heavy atom. The molecule has 0 unspecified atom stereocenters. The maximum absolute atomic E-state index is 12.2. The fraction of sp³-hybridized carbons (Fsp3) is 0.188. The Labute approximate surface area is 118 Å². The van der Waals surface area contributed by atoms with Gasteiger partial charge in [0, 0.05) is 12.7 Å². The fourth-order valence-electron chi connectivity index (χ4n) is 1.91. The molecule has 1 amide bonds. The summed E-state index contributed by atoms with van der Waals surface area (Å²) in [6.07, 6.45) is 0. The molecule has 0 bridgehead atoms. The lowest BCUT2D eigenvalue weighted by molar-refractivity contribution is 0.102. The molecule has 0 fully saturated rings. The molecular formula is C16H17NO3. The second kappa shape index (κ2) is 6.73. The van der Waals surface area contributed by atoms with Crippen LogP contribution < -0.4 is 10.1 Å². The van der Waals surface area contributed by atoms with Crippen LogP contribution in [0.5, 0.6) is 5.75 Å². The quantitative estimate of drug-likeness (QED) is 0.909. The number of methoxy groups -OCH3 is 2. The van der Waals surface area contributed by atoms with Gasteiger partial charge in [-0.15, -0.1) is 0 Å². The Kier molecular flexibility index (Phi) is 4.74. The lowest BCUT2D eigenvalue weighted by Crippen LogP contribution is -2.12. The third-order valence-electron chi connectivity index (χ3n) is 2.86. The van der Waals surface area contributed by atoms with Gasteiger partial charge >= 0.3 is 0 Å². The van der Waals surface area contributed by atoms with E-state index >= 15 is 0 Å². The number of carbonyl (C=O) groups is 1. The molecule has 2 rings (SSSR count). The molecule has 0 spiro atoms. The molecule has 20 heavy (non-hydrogen) atoms. The number of benzene rings is 2. The average Bonchev–Trinajstić information content (AvgIpc) is 2.48. The molecule has 0 aliphatic carbocycles. The van der Waals surface area contributed by atoms with Gasteiger partial charge in [0.25, 0.3) is 5.91 Å². The molecule has 0 aliphatic rings. The van der Waals surface area contributed by atoms with Crippen molar-refractivity contribution in [1.82, 2.24) is 0 Å². The Morgan fingerprint density at radius 2 is 1.90 bits per heavy atom. The van der Waals surface area contributed by atoms with E-state index in [1.54, 1.807) is 32.4 Å². The maximum Gasteiger partial charge on any atom is 0.255 e. The third kappa shape index (κ3) is 3.36. The van der Waals surface area contributed by atoms with Crippen LogP contribution in [0.4, 0.5) is 5.69 Å². The van der Waals surface area contributed by atoms with Crippen LogP contribution in [-0.4, -0.2) is 20.1 Å². The largest absolute Gasteiger partial charge is 0.495 e. The number of nitrogens with one attached hydrogen (secondary N) is 1. The van der Waals surface area contributed by atoms with Crippen LogP contribution in [0.15, 0.2) is 48.5 Å². The number of hydrogen-bond donors (Lipinski definition) is 1. The first-order valence-electron chi connectivity index (χ1n) is 6.27. The van der Waals surface area contributed by atoms with Crippen molar-refractivity contribution in [2.75, 3.05) is 19.5 Å². The minimum Gasteiger partial charge on any atom is -0.495 e. The zero-order valence-corrected chi connectivity index (χ0v) is 11.6. The van der Waals surface area contributed by atoms with E-state index < -0.39 is 0 Å². The van der Waals surface area contributed by atoms with E-state index in [4.69, 9.17) is 9.47 Å².